The third kappa shape index (κ3) is 5.38. The molecule has 0 fully saturated rings. The van der Waals surface area contributed by atoms with Crippen molar-refractivity contribution in [1.82, 2.24) is 15.1 Å². The van der Waals surface area contributed by atoms with Crippen LogP contribution in [0.15, 0.2) is 6.20 Å². The predicted octanol–water partition coefficient (Wildman–Crippen LogP) is 1.50. The van der Waals surface area contributed by atoms with Gasteiger partial charge in [-0.2, -0.15) is 5.10 Å². The molecule has 1 rings (SSSR count). The van der Waals surface area contributed by atoms with Gasteiger partial charge in [-0.15, -0.1) is 0 Å². The summed E-state index contributed by atoms with van der Waals surface area (Å²) in [5.41, 5.74) is 0.933. The summed E-state index contributed by atoms with van der Waals surface area (Å²) in [7, 11) is 3.32. The van der Waals surface area contributed by atoms with Crippen LogP contribution >= 0.6 is 11.6 Å². The fourth-order valence-electron chi connectivity index (χ4n) is 1.90. The largest absolute Gasteiger partial charge is 0.383 e. The standard InChI is InChI=1S/C13H24ClN3O3/c1-4-15-12(10-20-8-7-19-3)13-11(14)9-16-17(13)5-6-18-2/h9,12,15H,4-8,10H2,1-3H3. The summed E-state index contributed by atoms with van der Waals surface area (Å²) in [6, 6.07) is 0.00344. The number of nitrogens with zero attached hydrogens (tertiary/aromatic N) is 2. The second-order valence-corrected chi connectivity index (χ2v) is 4.68. The third-order valence-electron chi connectivity index (χ3n) is 2.84. The number of aromatic nitrogens is 2. The van der Waals surface area contributed by atoms with Gasteiger partial charge in [-0.25, -0.2) is 0 Å². The van der Waals surface area contributed by atoms with E-state index in [2.05, 4.69) is 10.4 Å². The van der Waals surface area contributed by atoms with Crippen molar-refractivity contribution in [3.05, 3.63) is 16.9 Å². The molecule has 0 bridgehead atoms. The minimum atomic E-state index is 0.00344. The Morgan fingerprint density at radius 2 is 2.05 bits per heavy atom. The average Bonchev–Trinajstić information content (AvgIpc) is 2.81. The number of methoxy groups -OCH3 is 2. The van der Waals surface area contributed by atoms with E-state index in [0.29, 0.717) is 38.0 Å². The fourth-order valence-corrected chi connectivity index (χ4v) is 2.17. The van der Waals surface area contributed by atoms with Crippen molar-refractivity contribution in [1.29, 1.82) is 0 Å². The van der Waals surface area contributed by atoms with Crippen LogP contribution in [0.3, 0.4) is 0 Å². The number of rotatable bonds is 11. The smallest absolute Gasteiger partial charge is 0.0835 e. The van der Waals surface area contributed by atoms with E-state index in [1.807, 2.05) is 11.6 Å². The van der Waals surface area contributed by atoms with Gasteiger partial charge in [-0.1, -0.05) is 18.5 Å². The minimum Gasteiger partial charge on any atom is -0.383 e. The van der Waals surface area contributed by atoms with E-state index in [1.165, 1.54) is 0 Å². The lowest BCUT2D eigenvalue weighted by Crippen LogP contribution is -2.29. The zero-order valence-electron chi connectivity index (χ0n) is 12.4. The highest BCUT2D eigenvalue weighted by Crippen LogP contribution is 2.23. The second kappa shape index (κ2) is 10.1. The molecule has 1 N–H and O–H groups in total. The van der Waals surface area contributed by atoms with Crippen LogP contribution in [0.1, 0.15) is 18.7 Å². The Morgan fingerprint density at radius 1 is 1.30 bits per heavy atom. The maximum atomic E-state index is 6.25. The van der Waals surface area contributed by atoms with Gasteiger partial charge in [0.2, 0.25) is 0 Å². The molecule has 1 aromatic rings. The van der Waals surface area contributed by atoms with Crippen LogP contribution < -0.4 is 5.32 Å². The van der Waals surface area contributed by atoms with E-state index >= 15 is 0 Å². The van der Waals surface area contributed by atoms with Crippen molar-refractivity contribution in [2.24, 2.45) is 0 Å². The number of hydrogen-bond acceptors (Lipinski definition) is 5. The van der Waals surface area contributed by atoms with Crippen molar-refractivity contribution >= 4 is 11.6 Å². The van der Waals surface area contributed by atoms with Crippen LogP contribution in [-0.2, 0) is 20.8 Å². The van der Waals surface area contributed by atoms with Crippen LogP contribution in [0.25, 0.3) is 0 Å². The summed E-state index contributed by atoms with van der Waals surface area (Å²) in [6.45, 7) is 5.79. The van der Waals surface area contributed by atoms with Gasteiger partial charge in [-0.3, -0.25) is 4.68 Å². The molecule has 116 valence electrons. The Kier molecular flexibility index (Phi) is 8.80. The molecule has 7 heteroatoms. The summed E-state index contributed by atoms with van der Waals surface area (Å²) in [6.07, 6.45) is 1.66. The lowest BCUT2D eigenvalue weighted by molar-refractivity contribution is 0.0573. The van der Waals surface area contributed by atoms with Crippen molar-refractivity contribution in [3.8, 4) is 0 Å². The van der Waals surface area contributed by atoms with E-state index < -0.39 is 0 Å². The van der Waals surface area contributed by atoms with Crippen molar-refractivity contribution in [2.75, 3.05) is 47.2 Å². The highest BCUT2D eigenvalue weighted by Gasteiger charge is 2.19. The number of hydrogen-bond donors (Lipinski definition) is 1. The number of likely N-dealkylation sites (N-methyl/N-ethyl adjacent to an activating group) is 1. The van der Waals surface area contributed by atoms with Gasteiger partial charge < -0.3 is 19.5 Å². The van der Waals surface area contributed by atoms with Gasteiger partial charge in [0.25, 0.3) is 0 Å². The summed E-state index contributed by atoms with van der Waals surface area (Å²) in [5.74, 6) is 0. The highest BCUT2D eigenvalue weighted by molar-refractivity contribution is 6.31. The monoisotopic (exact) mass is 305 g/mol. The second-order valence-electron chi connectivity index (χ2n) is 4.27. The normalized spacial score (nSPS) is 12.8. The van der Waals surface area contributed by atoms with Crippen LogP contribution in [0.5, 0.6) is 0 Å². The van der Waals surface area contributed by atoms with Gasteiger partial charge >= 0.3 is 0 Å². The minimum absolute atomic E-state index is 0.00344. The molecule has 6 nitrogen and oxygen atoms in total. The molecule has 0 radical (unpaired) electrons. The van der Waals surface area contributed by atoms with Gasteiger partial charge in [0, 0.05) is 14.2 Å². The fraction of sp³-hybridized carbons (Fsp3) is 0.769. The summed E-state index contributed by atoms with van der Waals surface area (Å²) < 4.78 is 17.5. The first-order valence-corrected chi connectivity index (χ1v) is 7.12. The molecular formula is C13H24ClN3O3. The Morgan fingerprint density at radius 3 is 2.70 bits per heavy atom. The Bertz CT molecular complexity index is 374. The highest BCUT2D eigenvalue weighted by atomic mass is 35.5. The molecule has 0 aliphatic rings. The van der Waals surface area contributed by atoms with Gasteiger partial charge in [0.05, 0.1) is 55.9 Å². The quantitative estimate of drug-likeness (QED) is 0.628. The lowest BCUT2D eigenvalue weighted by atomic mass is 10.2. The van der Waals surface area contributed by atoms with Crippen LogP contribution in [0, 0.1) is 0 Å². The van der Waals surface area contributed by atoms with E-state index in [0.717, 1.165) is 12.2 Å². The van der Waals surface area contributed by atoms with Crippen LogP contribution in [-0.4, -0.2) is 57.0 Å². The van der Waals surface area contributed by atoms with Crippen LogP contribution in [0.4, 0.5) is 0 Å². The van der Waals surface area contributed by atoms with Gasteiger partial charge in [0.1, 0.15) is 0 Å². The first kappa shape index (κ1) is 17.4. The molecule has 0 saturated carbocycles. The molecule has 0 amide bonds. The molecule has 1 heterocycles. The maximum Gasteiger partial charge on any atom is 0.0835 e. The van der Waals surface area contributed by atoms with E-state index in [-0.39, 0.29) is 6.04 Å². The first-order valence-electron chi connectivity index (χ1n) is 6.74. The molecule has 1 unspecified atom stereocenters. The zero-order chi connectivity index (χ0) is 14.8. The zero-order valence-corrected chi connectivity index (χ0v) is 13.2. The number of ether oxygens (including phenoxy) is 3. The van der Waals surface area contributed by atoms with Crippen molar-refractivity contribution in [3.63, 3.8) is 0 Å². The maximum absolute atomic E-state index is 6.25. The Hall–Kier alpha value is -0.660. The molecule has 0 aliphatic heterocycles. The van der Waals surface area contributed by atoms with E-state index in [1.54, 1.807) is 20.4 Å². The summed E-state index contributed by atoms with van der Waals surface area (Å²) in [4.78, 5) is 0. The molecule has 1 aromatic heterocycles. The van der Waals surface area contributed by atoms with Crippen molar-refractivity contribution < 1.29 is 14.2 Å². The molecule has 1 atom stereocenters. The van der Waals surface area contributed by atoms with Gasteiger partial charge in [-0.05, 0) is 6.54 Å². The van der Waals surface area contributed by atoms with Crippen molar-refractivity contribution in [2.45, 2.75) is 19.5 Å². The molecule has 0 saturated heterocycles. The molecule has 0 aromatic carbocycles. The SMILES string of the molecule is CCNC(COCCOC)c1c(Cl)cnn1CCOC. The number of halogens is 1. The molecule has 0 spiro atoms. The lowest BCUT2D eigenvalue weighted by Gasteiger charge is -2.20. The Balaban J connectivity index is 2.70. The molecule has 0 aliphatic carbocycles. The summed E-state index contributed by atoms with van der Waals surface area (Å²) >= 11 is 6.25. The van der Waals surface area contributed by atoms with E-state index in [9.17, 15) is 0 Å². The third-order valence-corrected chi connectivity index (χ3v) is 3.13. The van der Waals surface area contributed by atoms with Gasteiger partial charge in [0.15, 0.2) is 0 Å². The van der Waals surface area contributed by atoms with E-state index in [4.69, 9.17) is 25.8 Å². The predicted molar refractivity (Wildman–Crippen MR) is 78.2 cm³/mol. The number of nitrogens with one attached hydrogen (secondary N) is 1. The topological polar surface area (TPSA) is 57.5 Å². The molecular weight excluding hydrogens is 282 g/mol. The van der Waals surface area contributed by atoms with Crippen LogP contribution in [0.2, 0.25) is 5.02 Å². The Labute approximate surface area is 125 Å². The summed E-state index contributed by atoms with van der Waals surface area (Å²) in [5, 5.41) is 8.29. The molecule has 20 heavy (non-hydrogen) atoms. The average molecular weight is 306 g/mol. The first-order chi connectivity index (χ1) is 9.74.